The summed E-state index contributed by atoms with van der Waals surface area (Å²) in [6.07, 6.45) is 2.00. The van der Waals surface area contributed by atoms with Crippen LogP contribution in [-0.4, -0.2) is 35.8 Å². The first-order valence-electron chi connectivity index (χ1n) is 9.51. The minimum absolute atomic E-state index is 0.0402. The number of quaternary nitrogens is 1. The maximum absolute atomic E-state index is 12.3. The summed E-state index contributed by atoms with van der Waals surface area (Å²) < 4.78 is 5.65. The third-order valence-electron chi connectivity index (χ3n) is 5.03. The molecule has 0 unspecified atom stereocenters. The maximum Gasteiger partial charge on any atom is 0.257 e. The average molecular weight is 417 g/mol. The molecule has 0 aliphatic carbocycles. The van der Waals surface area contributed by atoms with Crippen LogP contribution >= 0.6 is 23.4 Å². The molecular formula is C21H23ClN3O2S+. The molecular weight excluding hydrogens is 394 g/mol. The highest BCUT2D eigenvalue weighted by molar-refractivity contribution is 7.99. The summed E-state index contributed by atoms with van der Waals surface area (Å²) in [6, 6.07) is 15.9. The van der Waals surface area contributed by atoms with E-state index in [2.05, 4.69) is 22.4 Å². The molecule has 2 heterocycles. The van der Waals surface area contributed by atoms with Crippen molar-refractivity contribution >= 4 is 40.4 Å². The zero-order valence-electron chi connectivity index (χ0n) is 15.5. The molecule has 4 rings (SSSR count). The molecule has 1 fully saturated rings. The van der Waals surface area contributed by atoms with Crippen molar-refractivity contribution in [1.29, 1.82) is 0 Å². The predicted molar refractivity (Wildman–Crippen MR) is 112 cm³/mol. The van der Waals surface area contributed by atoms with Gasteiger partial charge in [0.25, 0.3) is 5.22 Å². The lowest BCUT2D eigenvalue weighted by molar-refractivity contribution is -0.918. The van der Waals surface area contributed by atoms with Crippen LogP contribution in [-0.2, 0) is 11.3 Å². The van der Waals surface area contributed by atoms with Gasteiger partial charge in [0.15, 0.2) is 5.58 Å². The summed E-state index contributed by atoms with van der Waals surface area (Å²) in [4.78, 5) is 18.2. The van der Waals surface area contributed by atoms with Gasteiger partial charge in [-0.05, 0) is 24.3 Å². The number of carbonyl (C=O) groups is 1. The van der Waals surface area contributed by atoms with E-state index in [0.717, 1.165) is 48.6 Å². The Morgan fingerprint density at radius 1 is 1.18 bits per heavy atom. The summed E-state index contributed by atoms with van der Waals surface area (Å²) in [5, 5.41) is 4.47. The van der Waals surface area contributed by atoms with E-state index >= 15 is 0 Å². The van der Waals surface area contributed by atoms with Gasteiger partial charge in [-0.2, -0.15) is 0 Å². The van der Waals surface area contributed by atoms with Gasteiger partial charge < -0.3 is 14.6 Å². The summed E-state index contributed by atoms with van der Waals surface area (Å²) in [5.41, 5.74) is 2.87. The topological polar surface area (TPSA) is 59.6 Å². The van der Waals surface area contributed by atoms with Crippen molar-refractivity contribution in [2.24, 2.45) is 0 Å². The highest BCUT2D eigenvalue weighted by Crippen LogP contribution is 2.22. The number of thioether (sulfide) groups is 1. The molecule has 7 heteroatoms. The van der Waals surface area contributed by atoms with Gasteiger partial charge >= 0.3 is 0 Å². The fourth-order valence-corrected chi connectivity index (χ4v) is 4.32. The zero-order valence-corrected chi connectivity index (χ0v) is 17.1. The van der Waals surface area contributed by atoms with Crippen LogP contribution in [0, 0.1) is 0 Å². The van der Waals surface area contributed by atoms with E-state index in [1.54, 1.807) is 4.90 Å². The lowest BCUT2D eigenvalue weighted by Crippen LogP contribution is -3.12. The van der Waals surface area contributed by atoms with E-state index in [-0.39, 0.29) is 11.9 Å². The molecule has 0 radical (unpaired) electrons. The molecule has 1 amide bonds. The van der Waals surface area contributed by atoms with Crippen molar-refractivity contribution in [3.05, 3.63) is 59.1 Å². The summed E-state index contributed by atoms with van der Waals surface area (Å²) in [6.45, 7) is 3.13. The van der Waals surface area contributed by atoms with Crippen molar-refractivity contribution in [1.82, 2.24) is 10.3 Å². The molecule has 2 aromatic carbocycles. The molecule has 0 spiro atoms. The van der Waals surface area contributed by atoms with Crippen molar-refractivity contribution in [3.8, 4) is 0 Å². The van der Waals surface area contributed by atoms with Crippen LogP contribution in [0.4, 0.5) is 0 Å². The second-order valence-electron chi connectivity index (χ2n) is 7.13. The number of piperidine rings is 1. The number of amides is 1. The standard InChI is InChI=1S/C21H22ClN3O2S/c22-16-7-5-15(6-8-16)13-25-11-9-17(10-12-25)23-20(26)14-28-21-24-18-3-1-2-4-19(18)27-21/h1-8,17H,9-14H2,(H,23,26)/p+1. The van der Waals surface area contributed by atoms with Crippen molar-refractivity contribution in [3.63, 3.8) is 0 Å². The molecule has 146 valence electrons. The van der Waals surface area contributed by atoms with E-state index in [1.807, 2.05) is 36.4 Å². The number of fused-ring (bicyclic) bond motifs is 1. The second-order valence-corrected chi connectivity index (χ2v) is 8.49. The molecule has 5 nitrogen and oxygen atoms in total. The number of nitrogens with zero attached hydrogens (tertiary/aromatic N) is 1. The molecule has 1 aromatic heterocycles. The Bertz CT molecular complexity index is 903. The first kappa shape index (κ1) is 19.3. The second kappa shape index (κ2) is 8.99. The molecule has 3 aromatic rings. The number of oxazole rings is 1. The normalized spacial score (nSPS) is 19.6. The van der Waals surface area contributed by atoms with Crippen molar-refractivity contribution in [2.75, 3.05) is 18.8 Å². The first-order chi connectivity index (χ1) is 13.7. The van der Waals surface area contributed by atoms with Gasteiger partial charge in [0.1, 0.15) is 12.1 Å². The predicted octanol–water partition coefficient (Wildman–Crippen LogP) is 2.94. The van der Waals surface area contributed by atoms with E-state index < -0.39 is 0 Å². The maximum atomic E-state index is 12.3. The van der Waals surface area contributed by atoms with Crippen LogP contribution in [0.5, 0.6) is 0 Å². The highest BCUT2D eigenvalue weighted by Gasteiger charge is 2.23. The Morgan fingerprint density at radius 2 is 1.93 bits per heavy atom. The van der Waals surface area contributed by atoms with Crippen molar-refractivity contribution < 1.29 is 14.1 Å². The number of hydrogen-bond donors (Lipinski definition) is 2. The molecule has 2 N–H and O–H groups in total. The Labute approximate surface area is 173 Å². The van der Waals surface area contributed by atoms with Gasteiger partial charge in [-0.25, -0.2) is 4.98 Å². The number of hydrogen-bond acceptors (Lipinski definition) is 4. The largest absolute Gasteiger partial charge is 0.431 e. The molecule has 0 saturated carbocycles. The lowest BCUT2D eigenvalue weighted by Gasteiger charge is -2.29. The number of nitrogens with one attached hydrogen (secondary N) is 2. The van der Waals surface area contributed by atoms with Crippen LogP contribution in [0.15, 0.2) is 58.2 Å². The summed E-state index contributed by atoms with van der Waals surface area (Å²) in [5.74, 6) is 0.364. The van der Waals surface area contributed by atoms with Crippen LogP contribution < -0.4 is 10.2 Å². The Hall–Kier alpha value is -2.02. The Morgan fingerprint density at radius 3 is 2.68 bits per heavy atom. The van der Waals surface area contributed by atoms with Gasteiger partial charge in [-0.3, -0.25) is 4.79 Å². The van der Waals surface area contributed by atoms with E-state index in [4.69, 9.17) is 16.0 Å². The lowest BCUT2D eigenvalue weighted by atomic mass is 10.0. The summed E-state index contributed by atoms with van der Waals surface area (Å²) >= 11 is 7.29. The molecule has 0 atom stereocenters. The smallest absolute Gasteiger partial charge is 0.257 e. The fraction of sp³-hybridized carbons (Fsp3) is 0.333. The Balaban J connectivity index is 1.20. The quantitative estimate of drug-likeness (QED) is 0.606. The first-order valence-corrected chi connectivity index (χ1v) is 10.9. The molecule has 1 aliphatic heterocycles. The van der Waals surface area contributed by atoms with Crippen molar-refractivity contribution in [2.45, 2.75) is 30.7 Å². The van der Waals surface area contributed by atoms with Gasteiger partial charge in [-0.15, -0.1) is 0 Å². The number of para-hydroxylation sites is 2. The van der Waals surface area contributed by atoms with Gasteiger partial charge in [0, 0.05) is 29.5 Å². The van der Waals surface area contributed by atoms with Crippen LogP contribution in [0.3, 0.4) is 0 Å². The Kier molecular flexibility index (Phi) is 6.20. The number of rotatable bonds is 6. The number of likely N-dealkylation sites (tertiary alicyclic amines) is 1. The number of aromatic nitrogens is 1. The minimum Gasteiger partial charge on any atom is -0.431 e. The third kappa shape index (κ3) is 5.07. The molecule has 28 heavy (non-hydrogen) atoms. The monoisotopic (exact) mass is 416 g/mol. The van der Waals surface area contributed by atoms with Gasteiger partial charge in [0.05, 0.1) is 18.8 Å². The number of carbonyl (C=O) groups excluding carboxylic acids is 1. The van der Waals surface area contributed by atoms with Gasteiger partial charge in [-0.1, -0.05) is 47.6 Å². The minimum atomic E-state index is 0.0402. The molecule has 0 bridgehead atoms. The number of benzene rings is 2. The number of halogens is 1. The molecule has 1 saturated heterocycles. The van der Waals surface area contributed by atoms with Crippen LogP contribution in [0.1, 0.15) is 18.4 Å². The van der Waals surface area contributed by atoms with Gasteiger partial charge in [0.2, 0.25) is 5.91 Å². The fourth-order valence-electron chi connectivity index (χ4n) is 3.55. The summed E-state index contributed by atoms with van der Waals surface area (Å²) in [7, 11) is 0. The van der Waals surface area contributed by atoms with E-state index in [9.17, 15) is 4.79 Å². The van der Waals surface area contributed by atoms with E-state index in [0.29, 0.717) is 11.0 Å². The SMILES string of the molecule is O=C(CSc1nc2ccccc2o1)NC1CC[NH+](Cc2ccc(Cl)cc2)CC1. The molecule has 1 aliphatic rings. The average Bonchev–Trinajstić information content (AvgIpc) is 3.13. The van der Waals surface area contributed by atoms with Crippen LogP contribution in [0.25, 0.3) is 11.1 Å². The highest BCUT2D eigenvalue weighted by atomic mass is 35.5. The van der Waals surface area contributed by atoms with E-state index in [1.165, 1.54) is 17.3 Å². The third-order valence-corrected chi connectivity index (χ3v) is 6.11. The van der Waals surface area contributed by atoms with Crippen LogP contribution in [0.2, 0.25) is 5.02 Å². The zero-order chi connectivity index (χ0) is 19.3.